The van der Waals surface area contributed by atoms with Crippen molar-refractivity contribution in [2.45, 2.75) is 25.7 Å². The van der Waals surface area contributed by atoms with Crippen LogP contribution in [0.5, 0.6) is 11.5 Å². The van der Waals surface area contributed by atoms with E-state index < -0.39 is 0 Å². The number of phenolic OH excluding ortho intramolecular Hbond substituents is 2. The van der Waals surface area contributed by atoms with Crippen LogP contribution in [0.25, 0.3) is 0 Å². The predicted octanol–water partition coefficient (Wildman–Crippen LogP) is 4.61. The van der Waals surface area contributed by atoms with Crippen molar-refractivity contribution < 1.29 is 15.1 Å². The number of aromatic hydroxyl groups is 2. The van der Waals surface area contributed by atoms with Crippen LogP contribution in [-0.4, -0.2) is 22.5 Å². The lowest BCUT2D eigenvalue weighted by atomic mass is 10.0. The first-order valence-electron chi connectivity index (χ1n) is 8.10. The van der Waals surface area contributed by atoms with Gasteiger partial charge in [-0.3, -0.25) is 0 Å². The van der Waals surface area contributed by atoms with Crippen LogP contribution in [-0.2, 0) is 4.84 Å². The zero-order chi connectivity index (χ0) is 17.2. The minimum absolute atomic E-state index is 0.201. The summed E-state index contributed by atoms with van der Waals surface area (Å²) in [6.07, 6.45) is 6.08. The summed E-state index contributed by atoms with van der Waals surface area (Å²) >= 11 is 0. The molecule has 0 aliphatic carbocycles. The third-order valence-electron chi connectivity index (χ3n) is 3.58. The topological polar surface area (TPSA) is 62.0 Å². The molecule has 0 spiro atoms. The lowest BCUT2D eigenvalue weighted by Crippen LogP contribution is -2.04. The third-order valence-corrected chi connectivity index (χ3v) is 3.58. The highest BCUT2D eigenvalue weighted by Crippen LogP contribution is 2.18. The van der Waals surface area contributed by atoms with Crippen LogP contribution < -0.4 is 0 Å². The standard InChI is InChI=1S/C20H23NO3/c1-2-3-4-5-6-15-24-21-20(16-7-11-18(22)12-8-16)17-9-13-19(23)14-10-17/h2,7-14,22-23H,1,3-6,15H2. The summed E-state index contributed by atoms with van der Waals surface area (Å²) in [5, 5.41) is 23.2. The molecule has 0 amide bonds. The molecular formula is C20H23NO3. The second-order valence-corrected chi connectivity index (χ2v) is 5.50. The molecule has 2 aromatic rings. The van der Waals surface area contributed by atoms with Gasteiger partial charge in [0.1, 0.15) is 23.8 Å². The highest BCUT2D eigenvalue weighted by Gasteiger charge is 2.08. The monoisotopic (exact) mass is 325 g/mol. The molecule has 0 heterocycles. The molecule has 4 nitrogen and oxygen atoms in total. The average Bonchev–Trinajstić information content (AvgIpc) is 2.60. The van der Waals surface area contributed by atoms with E-state index in [4.69, 9.17) is 4.84 Å². The highest BCUT2D eigenvalue weighted by molar-refractivity contribution is 6.12. The van der Waals surface area contributed by atoms with Crippen LogP contribution in [0.15, 0.2) is 66.3 Å². The fraction of sp³-hybridized carbons (Fsp3) is 0.250. The van der Waals surface area contributed by atoms with Gasteiger partial charge in [-0.2, -0.15) is 0 Å². The Kier molecular flexibility index (Phi) is 6.90. The van der Waals surface area contributed by atoms with E-state index in [0.717, 1.165) is 36.8 Å². The average molecular weight is 325 g/mol. The zero-order valence-corrected chi connectivity index (χ0v) is 13.7. The minimum atomic E-state index is 0.201. The van der Waals surface area contributed by atoms with Gasteiger partial charge in [-0.25, -0.2) is 0 Å². The van der Waals surface area contributed by atoms with Gasteiger partial charge in [0.05, 0.1) is 0 Å². The van der Waals surface area contributed by atoms with E-state index >= 15 is 0 Å². The first-order chi connectivity index (χ1) is 11.7. The van der Waals surface area contributed by atoms with Crippen molar-refractivity contribution in [2.75, 3.05) is 6.61 Å². The molecule has 2 N–H and O–H groups in total. The Labute approximate surface area is 142 Å². The first kappa shape index (κ1) is 17.6. The molecule has 0 unspecified atom stereocenters. The zero-order valence-electron chi connectivity index (χ0n) is 13.7. The largest absolute Gasteiger partial charge is 0.508 e. The van der Waals surface area contributed by atoms with E-state index in [1.54, 1.807) is 48.5 Å². The second-order valence-electron chi connectivity index (χ2n) is 5.50. The maximum Gasteiger partial charge on any atom is 0.117 e. The Morgan fingerprint density at radius 3 is 1.92 bits per heavy atom. The Balaban J connectivity index is 2.08. The molecule has 0 atom stereocenters. The van der Waals surface area contributed by atoms with Crippen LogP contribution in [0.1, 0.15) is 36.8 Å². The van der Waals surface area contributed by atoms with Crippen molar-refractivity contribution in [1.82, 2.24) is 0 Å². The Morgan fingerprint density at radius 1 is 0.875 bits per heavy atom. The molecule has 4 heteroatoms. The molecule has 126 valence electrons. The maximum atomic E-state index is 9.45. The number of hydrogen-bond acceptors (Lipinski definition) is 4. The van der Waals surface area contributed by atoms with Gasteiger partial charge >= 0.3 is 0 Å². The van der Waals surface area contributed by atoms with Crippen molar-refractivity contribution in [3.05, 3.63) is 72.3 Å². The number of benzene rings is 2. The summed E-state index contributed by atoms with van der Waals surface area (Å²) in [4.78, 5) is 5.48. The summed E-state index contributed by atoms with van der Waals surface area (Å²) in [6.45, 7) is 4.26. The van der Waals surface area contributed by atoms with Crippen molar-refractivity contribution in [1.29, 1.82) is 0 Å². The van der Waals surface area contributed by atoms with E-state index in [9.17, 15) is 10.2 Å². The summed E-state index contributed by atoms with van der Waals surface area (Å²) in [6, 6.07) is 13.6. The lowest BCUT2D eigenvalue weighted by Gasteiger charge is -2.08. The summed E-state index contributed by atoms with van der Waals surface area (Å²) in [5.41, 5.74) is 2.34. The van der Waals surface area contributed by atoms with Gasteiger partial charge in [0.25, 0.3) is 0 Å². The minimum Gasteiger partial charge on any atom is -0.508 e. The third kappa shape index (κ3) is 5.47. The SMILES string of the molecule is C=CCCCCCON=C(c1ccc(O)cc1)c1ccc(O)cc1. The van der Waals surface area contributed by atoms with Gasteiger partial charge in [-0.05, 0) is 74.2 Å². The number of nitrogens with zero attached hydrogens (tertiary/aromatic N) is 1. The molecule has 0 aromatic heterocycles. The van der Waals surface area contributed by atoms with Gasteiger partial charge in [-0.15, -0.1) is 6.58 Å². The summed E-state index contributed by atoms with van der Waals surface area (Å²) in [7, 11) is 0. The maximum absolute atomic E-state index is 9.45. The van der Waals surface area contributed by atoms with Crippen molar-refractivity contribution in [3.63, 3.8) is 0 Å². The van der Waals surface area contributed by atoms with Gasteiger partial charge < -0.3 is 15.1 Å². The van der Waals surface area contributed by atoms with Crippen LogP contribution >= 0.6 is 0 Å². The molecule has 0 saturated heterocycles. The Hall–Kier alpha value is -2.75. The van der Waals surface area contributed by atoms with Crippen molar-refractivity contribution >= 4 is 5.71 Å². The molecule has 0 aliphatic heterocycles. The van der Waals surface area contributed by atoms with Crippen LogP contribution in [0.2, 0.25) is 0 Å². The first-order valence-corrected chi connectivity index (χ1v) is 8.10. The van der Waals surface area contributed by atoms with Crippen LogP contribution in [0, 0.1) is 0 Å². The summed E-state index contributed by atoms with van der Waals surface area (Å²) < 4.78 is 0. The van der Waals surface area contributed by atoms with Gasteiger partial charge in [-0.1, -0.05) is 11.2 Å². The number of unbranched alkanes of at least 4 members (excludes halogenated alkanes) is 3. The second kappa shape index (κ2) is 9.40. The van der Waals surface area contributed by atoms with E-state index in [2.05, 4.69) is 11.7 Å². The van der Waals surface area contributed by atoms with Crippen LogP contribution in [0.3, 0.4) is 0 Å². The fourth-order valence-electron chi connectivity index (χ4n) is 2.25. The molecule has 2 rings (SSSR count). The molecule has 0 fully saturated rings. The smallest absolute Gasteiger partial charge is 0.117 e. The normalized spacial score (nSPS) is 10.2. The molecule has 0 aliphatic rings. The number of phenols is 2. The van der Waals surface area contributed by atoms with E-state index in [1.807, 2.05) is 6.08 Å². The van der Waals surface area contributed by atoms with Gasteiger partial charge in [0.15, 0.2) is 0 Å². The Morgan fingerprint density at radius 2 is 1.42 bits per heavy atom. The fourth-order valence-corrected chi connectivity index (χ4v) is 2.25. The molecule has 0 saturated carbocycles. The molecule has 2 aromatic carbocycles. The van der Waals surface area contributed by atoms with E-state index in [0.29, 0.717) is 12.3 Å². The number of allylic oxidation sites excluding steroid dienone is 1. The highest BCUT2D eigenvalue weighted by atomic mass is 16.6. The van der Waals surface area contributed by atoms with E-state index in [1.165, 1.54) is 0 Å². The van der Waals surface area contributed by atoms with E-state index in [-0.39, 0.29) is 11.5 Å². The number of rotatable bonds is 9. The molecule has 24 heavy (non-hydrogen) atoms. The lowest BCUT2D eigenvalue weighted by molar-refractivity contribution is 0.140. The van der Waals surface area contributed by atoms with Crippen molar-refractivity contribution in [3.8, 4) is 11.5 Å². The number of hydrogen-bond donors (Lipinski definition) is 2. The molecule has 0 radical (unpaired) electrons. The summed E-state index contributed by atoms with van der Waals surface area (Å²) in [5.74, 6) is 0.402. The van der Waals surface area contributed by atoms with Gasteiger partial charge in [0.2, 0.25) is 0 Å². The van der Waals surface area contributed by atoms with Gasteiger partial charge in [0, 0.05) is 11.1 Å². The van der Waals surface area contributed by atoms with Crippen molar-refractivity contribution in [2.24, 2.45) is 5.16 Å². The molecular weight excluding hydrogens is 302 g/mol. The number of oxime groups is 1. The predicted molar refractivity (Wildman–Crippen MR) is 96.5 cm³/mol. The van der Waals surface area contributed by atoms with Crippen LogP contribution in [0.4, 0.5) is 0 Å². The quantitative estimate of drug-likeness (QED) is 0.306. The molecule has 0 bridgehead atoms. The Bertz CT molecular complexity index is 613.